The zero-order chi connectivity index (χ0) is 20.9. The molecule has 0 amide bonds. The molecular formula is C20H14N2O5S2. The van der Waals surface area contributed by atoms with Gasteiger partial charge in [-0.15, -0.1) is 0 Å². The van der Waals surface area contributed by atoms with Crippen LogP contribution in [0.1, 0.15) is 15.9 Å². The summed E-state index contributed by atoms with van der Waals surface area (Å²) < 4.78 is 32.0. The number of benzene rings is 2. The van der Waals surface area contributed by atoms with Gasteiger partial charge in [-0.3, -0.25) is 4.28 Å². The first-order valence-corrected chi connectivity index (χ1v) is 10.8. The molecule has 1 aliphatic rings. The molecule has 0 spiro atoms. The molecule has 146 valence electrons. The van der Waals surface area contributed by atoms with E-state index in [0.29, 0.717) is 16.2 Å². The smallest absolute Gasteiger partial charge is 0.344 e. The van der Waals surface area contributed by atoms with E-state index in [2.05, 4.69) is 15.5 Å². The molecule has 0 saturated heterocycles. The summed E-state index contributed by atoms with van der Waals surface area (Å²) in [5, 5.41) is 13.5. The Kier molecular flexibility index (Phi) is 6.16. The Balaban J connectivity index is 1.92. The van der Waals surface area contributed by atoms with E-state index in [1.165, 1.54) is 6.08 Å². The molecule has 0 N–H and O–H groups in total. The lowest BCUT2D eigenvalue weighted by Crippen LogP contribution is -2.11. The maximum Gasteiger partial charge on any atom is 0.344 e. The fraction of sp³-hybridized carbons (Fsp3) is 0.0500. The topological polar surface area (TPSA) is 106 Å². The highest BCUT2D eigenvalue weighted by Crippen LogP contribution is 2.35. The summed E-state index contributed by atoms with van der Waals surface area (Å²) in [5.74, 6) is -0.206. The number of nitriles is 1. The highest BCUT2D eigenvalue weighted by atomic mass is 32.2. The fourth-order valence-electron chi connectivity index (χ4n) is 2.39. The number of oxime groups is 1. The van der Waals surface area contributed by atoms with Crippen molar-refractivity contribution in [1.29, 1.82) is 5.26 Å². The molecule has 0 unspecified atom stereocenters. The Morgan fingerprint density at radius 3 is 2.34 bits per heavy atom. The zero-order valence-electron chi connectivity index (χ0n) is 15.1. The summed E-state index contributed by atoms with van der Waals surface area (Å²) in [6, 6.07) is 17.3. The number of nitrogens with zero attached hydrogens (tertiary/aromatic N) is 2. The van der Waals surface area contributed by atoms with Crippen LogP contribution in [0, 0.1) is 11.3 Å². The van der Waals surface area contributed by atoms with E-state index >= 15 is 0 Å². The molecule has 1 heterocycles. The van der Waals surface area contributed by atoms with Gasteiger partial charge in [-0.25, -0.2) is 4.79 Å². The van der Waals surface area contributed by atoms with Gasteiger partial charge in [0.2, 0.25) is 0 Å². The molecule has 9 heteroatoms. The lowest BCUT2D eigenvalue weighted by atomic mass is 10.00. The van der Waals surface area contributed by atoms with E-state index in [-0.39, 0.29) is 16.2 Å². The third-order valence-electron chi connectivity index (χ3n) is 3.58. The van der Waals surface area contributed by atoms with Gasteiger partial charge in [0.05, 0.1) is 17.4 Å². The number of ether oxygens (including phenoxy) is 1. The molecule has 0 radical (unpaired) electrons. The van der Waals surface area contributed by atoms with Gasteiger partial charge in [0, 0.05) is 10.5 Å². The molecule has 0 saturated carbocycles. The minimum atomic E-state index is -3.73. The second kappa shape index (κ2) is 8.77. The Labute approximate surface area is 172 Å². The van der Waals surface area contributed by atoms with Gasteiger partial charge in [-0.1, -0.05) is 53.3 Å². The summed E-state index contributed by atoms with van der Waals surface area (Å²) in [5.41, 5.74) is 0.858. The monoisotopic (exact) mass is 426 g/mol. The zero-order valence-corrected chi connectivity index (χ0v) is 16.7. The van der Waals surface area contributed by atoms with Crippen molar-refractivity contribution in [3.63, 3.8) is 0 Å². The lowest BCUT2D eigenvalue weighted by Gasteiger charge is -2.10. The van der Waals surface area contributed by atoms with Gasteiger partial charge in [-0.05, 0) is 30.4 Å². The summed E-state index contributed by atoms with van der Waals surface area (Å²) in [6.07, 6.45) is 4.01. The second-order valence-electron chi connectivity index (χ2n) is 5.74. The average Bonchev–Trinajstić information content (AvgIpc) is 3.16. The number of carbonyl (C=O) groups is 1. The first-order valence-electron chi connectivity index (χ1n) is 8.21. The normalized spacial score (nSPS) is 16.3. The van der Waals surface area contributed by atoms with Crippen molar-refractivity contribution < 1.29 is 22.2 Å². The van der Waals surface area contributed by atoms with E-state index in [1.54, 1.807) is 60.7 Å². The Morgan fingerprint density at radius 2 is 1.69 bits per heavy atom. The van der Waals surface area contributed by atoms with E-state index in [1.807, 2.05) is 0 Å². The van der Waals surface area contributed by atoms with Crippen LogP contribution < -0.4 is 4.74 Å². The van der Waals surface area contributed by atoms with Crippen molar-refractivity contribution in [2.75, 3.05) is 6.26 Å². The van der Waals surface area contributed by atoms with Crippen LogP contribution >= 0.6 is 11.8 Å². The molecular weight excluding hydrogens is 412 g/mol. The number of esters is 1. The highest BCUT2D eigenvalue weighted by molar-refractivity contribution is 8.18. The van der Waals surface area contributed by atoms with Gasteiger partial charge < -0.3 is 4.74 Å². The Morgan fingerprint density at radius 1 is 1.03 bits per heavy atom. The van der Waals surface area contributed by atoms with Crippen molar-refractivity contribution in [1.82, 2.24) is 0 Å². The van der Waals surface area contributed by atoms with Gasteiger partial charge in [0.1, 0.15) is 16.9 Å². The number of hydrogen-bond donors (Lipinski definition) is 0. The molecule has 7 nitrogen and oxygen atoms in total. The molecule has 0 fully saturated rings. The fourth-order valence-corrected chi connectivity index (χ4v) is 3.49. The quantitative estimate of drug-likeness (QED) is 0.310. The van der Waals surface area contributed by atoms with Crippen LogP contribution in [0.3, 0.4) is 0 Å². The molecule has 0 bridgehead atoms. The Hall–Kier alpha value is -3.35. The third-order valence-corrected chi connectivity index (χ3v) is 4.91. The van der Waals surface area contributed by atoms with Crippen molar-refractivity contribution in [2.24, 2.45) is 5.16 Å². The van der Waals surface area contributed by atoms with E-state index in [9.17, 15) is 18.5 Å². The predicted molar refractivity (Wildman–Crippen MR) is 110 cm³/mol. The molecule has 2 aromatic rings. The van der Waals surface area contributed by atoms with Crippen molar-refractivity contribution in [3.05, 3.63) is 82.8 Å². The van der Waals surface area contributed by atoms with Crippen LogP contribution in [-0.2, 0) is 14.4 Å². The third kappa shape index (κ3) is 5.34. The average molecular weight is 426 g/mol. The van der Waals surface area contributed by atoms with Crippen LogP contribution in [0.5, 0.6) is 5.75 Å². The van der Waals surface area contributed by atoms with Crippen LogP contribution in [0.4, 0.5) is 0 Å². The lowest BCUT2D eigenvalue weighted by molar-refractivity contribution is 0.0734. The number of allylic oxidation sites excluding steroid dienone is 2. The van der Waals surface area contributed by atoms with Crippen LogP contribution in [0.2, 0.25) is 0 Å². The van der Waals surface area contributed by atoms with Gasteiger partial charge in [0.25, 0.3) is 0 Å². The van der Waals surface area contributed by atoms with Crippen molar-refractivity contribution in [3.8, 4) is 11.8 Å². The number of hydrogen-bond acceptors (Lipinski definition) is 8. The van der Waals surface area contributed by atoms with Gasteiger partial charge in [-0.2, -0.15) is 13.7 Å². The van der Waals surface area contributed by atoms with E-state index in [0.717, 1.165) is 18.0 Å². The molecule has 1 aliphatic heterocycles. The molecule has 0 aliphatic carbocycles. The molecule has 0 aromatic heterocycles. The van der Waals surface area contributed by atoms with Crippen LogP contribution in [0.25, 0.3) is 5.57 Å². The summed E-state index contributed by atoms with van der Waals surface area (Å²) >= 11 is 1.06. The second-order valence-corrected chi connectivity index (χ2v) is 8.36. The summed E-state index contributed by atoms with van der Waals surface area (Å²) in [4.78, 5) is 13.2. The number of rotatable bonds is 5. The largest absolute Gasteiger partial charge is 0.423 e. The van der Waals surface area contributed by atoms with Gasteiger partial charge in [0.15, 0.2) is 0 Å². The van der Waals surface area contributed by atoms with Gasteiger partial charge >= 0.3 is 16.1 Å². The van der Waals surface area contributed by atoms with Crippen molar-refractivity contribution >= 4 is 38.5 Å². The number of para-hydroxylation sites is 1. The van der Waals surface area contributed by atoms with E-state index < -0.39 is 16.1 Å². The Bertz CT molecular complexity index is 1180. The summed E-state index contributed by atoms with van der Waals surface area (Å²) in [6.45, 7) is 0. The maximum absolute atomic E-state index is 12.7. The molecule has 3 rings (SSSR count). The van der Waals surface area contributed by atoms with E-state index in [4.69, 9.17) is 4.74 Å². The maximum atomic E-state index is 12.7. The standard InChI is InChI=1S/C20H14N2O5S2/c1-29(24,25)27-22-19-12-11-18(28-19)17(13-21)15-9-5-6-10-16(15)20(23)26-14-7-3-2-4-8-14/h2-12H,1H3/b18-17-,22-19+. The van der Waals surface area contributed by atoms with Crippen LogP contribution in [-0.4, -0.2) is 25.7 Å². The minimum absolute atomic E-state index is 0.229. The van der Waals surface area contributed by atoms with Crippen molar-refractivity contribution in [2.45, 2.75) is 0 Å². The molecule has 29 heavy (non-hydrogen) atoms. The summed E-state index contributed by atoms with van der Waals surface area (Å²) in [7, 11) is -3.73. The first-order chi connectivity index (χ1) is 13.9. The number of carbonyl (C=O) groups excluding carboxylic acids is 1. The minimum Gasteiger partial charge on any atom is -0.423 e. The number of thioether (sulfide) groups is 1. The molecule has 0 atom stereocenters. The van der Waals surface area contributed by atoms with Crippen LogP contribution in [0.15, 0.2) is 76.8 Å². The SMILES string of the molecule is CS(=O)(=O)O/N=C1C=C/C(=C(\C#N)c2ccccc2C(=O)Oc2ccccc2)S\1. The molecule has 2 aromatic carbocycles. The first kappa shape index (κ1) is 20.4. The predicted octanol–water partition coefficient (Wildman–Crippen LogP) is 3.73. The highest BCUT2D eigenvalue weighted by Gasteiger charge is 2.21.